The van der Waals surface area contributed by atoms with Crippen LogP contribution in [-0.2, 0) is 11.3 Å². The number of carbonyl (C=O) groups is 1. The van der Waals surface area contributed by atoms with Crippen LogP contribution in [0.2, 0.25) is 0 Å². The lowest BCUT2D eigenvalue weighted by molar-refractivity contribution is 0.0520. The van der Waals surface area contributed by atoms with Crippen LogP contribution in [0.25, 0.3) is 11.3 Å². The van der Waals surface area contributed by atoms with Gasteiger partial charge in [-0.05, 0) is 42.8 Å². The molecule has 26 heavy (non-hydrogen) atoms. The van der Waals surface area contributed by atoms with E-state index in [9.17, 15) is 4.79 Å². The van der Waals surface area contributed by atoms with E-state index < -0.39 is 5.97 Å². The second-order valence-electron chi connectivity index (χ2n) is 5.30. The number of H-pyrrole nitrogens is 1. The number of rotatable bonds is 6. The Kier molecular flexibility index (Phi) is 6.05. The van der Waals surface area contributed by atoms with Gasteiger partial charge in [0.05, 0.1) is 6.61 Å². The zero-order valence-electron chi connectivity index (χ0n) is 13.8. The Morgan fingerprint density at radius 3 is 2.69 bits per heavy atom. The number of ether oxygens (including phenoxy) is 2. The van der Waals surface area contributed by atoms with Crippen LogP contribution in [0, 0.1) is 0 Å². The van der Waals surface area contributed by atoms with Crippen LogP contribution in [0.15, 0.2) is 51.4 Å². The third kappa shape index (κ3) is 4.31. The average molecular weight is 481 g/mol. The first-order valence-electron chi connectivity index (χ1n) is 7.83. The topological polar surface area (TPSA) is 77.1 Å². The summed E-state index contributed by atoms with van der Waals surface area (Å²) < 4.78 is 12.8. The molecule has 0 spiro atoms. The maximum atomic E-state index is 12.1. The number of nitrogens with one attached hydrogen (secondary N) is 1. The minimum absolute atomic E-state index is 0.122. The third-order valence-corrected chi connectivity index (χ3v) is 4.48. The van der Waals surface area contributed by atoms with Crippen molar-refractivity contribution in [2.24, 2.45) is 0 Å². The standard InChI is InChI=1S/C18H15Br2N3O3/c1-2-25-18(24)17-16(21-23-22-17)14-9-13(20)6-7-15(14)26-10-11-4-3-5-12(19)8-11/h3-9H,2,10H2,1H3,(H,21,22,23). The van der Waals surface area contributed by atoms with Crippen LogP contribution in [0.5, 0.6) is 5.75 Å². The molecule has 3 rings (SSSR count). The van der Waals surface area contributed by atoms with Gasteiger partial charge in [0.15, 0.2) is 5.69 Å². The van der Waals surface area contributed by atoms with Crippen molar-refractivity contribution in [1.82, 2.24) is 15.4 Å². The van der Waals surface area contributed by atoms with Crippen LogP contribution in [0.1, 0.15) is 23.0 Å². The Balaban J connectivity index is 1.92. The minimum Gasteiger partial charge on any atom is -0.488 e. The van der Waals surface area contributed by atoms with E-state index in [1.54, 1.807) is 6.92 Å². The van der Waals surface area contributed by atoms with Gasteiger partial charge in [0.2, 0.25) is 0 Å². The predicted molar refractivity (Wildman–Crippen MR) is 104 cm³/mol. The van der Waals surface area contributed by atoms with Crippen LogP contribution in [-0.4, -0.2) is 28.0 Å². The number of halogens is 2. The van der Waals surface area contributed by atoms with E-state index in [0.717, 1.165) is 14.5 Å². The molecule has 134 valence electrons. The summed E-state index contributed by atoms with van der Waals surface area (Å²) in [5, 5.41) is 10.5. The highest BCUT2D eigenvalue weighted by atomic mass is 79.9. The first kappa shape index (κ1) is 18.6. The lowest BCUT2D eigenvalue weighted by atomic mass is 10.1. The summed E-state index contributed by atoms with van der Waals surface area (Å²) in [6.07, 6.45) is 0. The van der Waals surface area contributed by atoms with Crippen molar-refractivity contribution >= 4 is 37.8 Å². The van der Waals surface area contributed by atoms with E-state index >= 15 is 0 Å². The van der Waals surface area contributed by atoms with Gasteiger partial charge in [-0.3, -0.25) is 0 Å². The van der Waals surface area contributed by atoms with Gasteiger partial charge >= 0.3 is 5.97 Å². The van der Waals surface area contributed by atoms with Crippen molar-refractivity contribution in [3.63, 3.8) is 0 Å². The summed E-state index contributed by atoms with van der Waals surface area (Å²) in [6.45, 7) is 2.37. The van der Waals surface area contributed by atoms with Gasteiger partial charge in [-0.2, -0.15) is 10.3 Å². The summed E-state index contributed by atoms with van der Waals surface area (Å²) in [6, 6.07) is 13.4. The molecule has 3 aromatic rings. The normalized spacial score (nSPS) is 10.6. The van der Waals surface area contributed by atoms with Gasteiger partial charge in [0.25, 0.3) is 0 Å². The Hall–Kier alpha value is -2.19. The van der Waals surface area contributed by atoms with Gasteiger partial charge in [0.1, 0.15) is 18.1 Å². The number of aromatic amines is 1. The molecule has 0 fully saturated rings. The van der Waals surface area contributed by atoms with E-state index in [2.05, 4.69) is 47.3 Å². The molecule has 1 N–H and O–H groups in total. The van der Waals surface area contributed by atoms with Crippen molar-refractivity contribution in [3.05, 3.63) is 62.7 Å². The number of aromatic nitrogens is 3. The van der Waals surface area contributed by atoms with E-state index in [-0.39, 0.29) is 12.3 Å². The first-order chi connectivity index (χ1) is 12.6. The molecule has 2 aromatic carbocycles. The maximum absolute atomic E-state index is 12.1. The highest BCUT2D eigenvalue weighted by molar-refractivity contribution is 9.10. The molecule has 0 bridgehead atoms. The fourth-order valence-corrected chi connectivity index (χ4v) is 3.17. The lowest BCUT2D eigenvalue weighted by Crippen LogP contribution is -2.07. The quantitative estimate of drug-likeness (QED) is 0.515. The van der Waals surface area contributed by atoms with Crippen molar-refractivity contribution < 1.29 is 14.3 Å². The minimum atomic E-state index is -0.533. The molecule has 0 amide bonds. The molecular formula is C18H15Br2N3O3. The highest BCUT2D eigenvalue weighted by Gasteiger charge is 2.22. The highest BCUT2D eigenvalue weighted by Crippen LogP contribution is 2.33. The number of hydrogen-bond donors (Lipinski definition) is 1. The summed E-state index contributed by atoms with van der Waals surface area (Å²) >= 11 is 6.89. The average Bonchev–Trinajstić information content (AvgIpc) is 3.10. The fraction of sp³-hybridized carbons (Fsp3) is 0.167. The second-order valence-corrected chi connectivity index (χ2v) is 7.13. The van der Waals surface area contributed by atoms with E-state index in [4.69, 9.17) is 9.47 Å². The number of hydrogen-bond acceptors (Lipinski definition) is 5. The number of nitrogens with zero attached hydrogens (tertiary/aromatic N) is 2. The molecule has 0 aliphatic heterocycles. The molecule has 0 aliphatic carbocycles. The molecule has 0 aliphatic rings. The Morgan fingerprint density at radius 2 is 1.92 bits per heavy atom. The van der Waals surface area contributed by atoms with Crippen molar-refractivity contribution in [2.75, 3.05) is 6.61 Å². The van der Waals surface area contributed by atoms with Gasteiger partial charge in [-0.1, -0.05) is 44.0 Å². The zero-order valence-corrected chi connectivity index (χ0v) is 17.0. The molecule has 0 unspecified atom stereocenters. The van der Waals surface area contributed by atoms with Crippen molar-refractivity contribution in [2.45, 2.75) is 13.5 Å². The SMILES string of the molecule is CCOC(=O)c1n[nH]nc1-c1cc(Br)ccc1OCc1cccc(Br)c1. The monoisotopic (exact) mass is 479 g/mol. The largest absolute Gasteiger partial charge is 0.488 e. The van der Waals surface area contributed by atoms with Crippen LogP contribution in [0.3, 0.4) is 0 Å². The van der Waals surface area contributed by atoms with Crippen molar-refractivity contribution in [3.8, 4) is 17.0 Å². The molecule has 8 heteroatoms. The van der Waals surface area contributed by atoms with E-state index in [1.165, 1.54) is 0 Å². The second kappa shape index (κ2) is 8.46. The first-order valence-corrected chi connectivity index (χ1v) is 9.42. The third-order valence-electron chi connectivity index (χ3n) is 3.50. The van der Waals surface area contributed by atoms with Gasteiger partial charge in [0, 0.05) is 14.5 Å². The summed E-state index contributed by atoms with van der Waals surface area (Å²) in [5.41, 5.74) is 2.16. The van der Waals surface area contributed by atoms with Crippen LogP contribution >= 0.6 is 31.9 Å². The maximum Gasteiger partial charge on any atom is 0.361 e. The fourth-order valence-electron chi connectivity index (χ4n) is 2.36. The van der Waals surface area contributed by atoms with Gasteiger partial charge in [-0.25, -0.2) is 4.79 Å². The van der Waals surface area contributed by atoms with E-state index in [0.29, 0.717) is 23.6 Å². The molecule has 1 heterocycles. The Labute approximate surface area is 167 Å². The molecule has 1 aromatic heterocycles. The Morgan fingerprint density at radius 1 is 1.12 bits per heavy atom. The Bertz CT molecular complexity index is 928. The number of carbonyl (C=O) groups excluding carboxylic acids is 1. The summed E-state index contributed by atoms with van der Waals surface area (Å²) in [4.78, 5) is 12.1. The van der Waals surface area contributed by atoms with E-state index in [1.807, 2.05) is 42.5 Å². The molecule has 0 saturated carbocycles. The van der Waals surface area contributed by atoms with Crippen LogP contribution < -0.4 is 4.74 Å². The molecular weight excluding hydrogens is 466 g/mol. The number of esters is 1. The molecule has 0 radical (unpaired) electrons. The summed E-state index contributed by atoms with van der Waals surface area (Å²) in [5.74, 6) is 0.0572. The lowest BCUT2D eigenvalue weighted by Gasteiger charge is -2.12. The predicted octanol–water partition coefficient (Wildman–Crippen LogP) is 4.75. The molecule has 0 saturated heterocycles. The van der Waals surface area contributed by atoms with Gasteiger partial charge < -0.3 is 9.47 Å². The van der Waals surface area contributed by atoms with Crippen molar-refractivity contribution in [1.29, 1.82) is 0 Å². The molecule has 6 nitrogen and oxygen atoms in total. The van der Waals surface area contributed by atoms with Crippen LogP contribution in [0.4, 0.5) is 0 Å². The zero-order chi connectivity index (χ0) is 18.5. The van der Waals surface area contributed by atoms with Gasteiger partial charge in [-0.15, -0.1) is 5.10 Å². The number of benzene rings is 2. The summed E-state index contributed by atoms with van der Waals surface area (Å²) in [7, 11) is 0. The smallest absolute Gasteiger partial charge is 0.361 e. The molecule has 0 atom stereocenters.